The van der Waals surface area contributed by atoms with Gasteiger partial charge in [0.2, 0.25) is 0 Å². The summed E-state index contributed by atoms with van der Waals surface area (Å²) in [6.45, 7) is 6.68. The highest BCUT2D eigenvalue weighted by atomic mass is 32.2. The van der Waals surface area contributed by atoms with Gasteiger partial charge in [-0.3, -0.25) is 4.03 Å². The normalized spacial score (nSPS) is 14.4. The van der Waals surface area contributed by atoms with Crippen LogP contribution < -0.4 is 10.4 Å². The standard InChI is InChI=1S/C23H27NOSSi/c1-23(2,3)27(21-16-10-6-11-17-21,22-18-12-7-13-19-22)24-26(4,25)20-14-8-5-9-15-20/h5-19H,1-4H3/t26-/m0/s1. The fraction of sp³-hybridized carbons (Fsp3) is 0.217. The zero-order chi connectivity index (χ0) is 19.5. The molecule has 0 N–H and O–H groups in total. The van der Waals surface area contributed by atoms with E-state index in [1.165, 1.54) is 10.4 Å². The summed E-state index contributed by atoms with van der Waals surface area (Å²) in [4.78, 5) is 0.790. The monoisotopic (exact) mass is 393 g/mol. The van der Waals surface area contributed by atoms with Crippen LogP contribution in [0.4, 0.5) is 0 Å². The Kier molecular flexibility index (Phi) is 5.40. The van der Waals surface area contributed by atoms with Crippen molar-refractivity contribution in [2.75, 3.05) is 6.26 Å². The van der Waals surface area contributed by atoms with Crippen molar-refractivity contribution in [2.45, 2.75) is 30.7 Å². The van der Waals surface area contributed by atoms with Crippen molar-refractivity contribution in [3.05, 3.63) is 91.0 Å². The van der Waals surface area contributed by atoms with E-state index in [9.17, 15) is 4.21 Å². The maximum Gasteiger partial charge on any atom is 0.260 e. The molecule has 0 heterocycles. The van der Waals surface area contributed by atoms with Crippen molar-refractivity contribution in [3.63, 3.8) is 0 Å². The van der Waals surface area contributed by atoms with Gasteiger partial charge in [-0.2, -0.15) is 0 Å². The van der Waals surface area contributed by atoms with Gasteiger partial charge in [0.25, 0.3) is 8.24 Å². The molecule has 0 radical (unpaired) electrons. The van der Waals surface area contributed by atoms with Crippen molar-refractivity contribution in [2.24, 2.45) is 4.03 Å². The van der Waals surface area contributed by atoms with E-state index in [2.05, 4.69) is 69.3 Å². The fourth-order valence-corrected chi connectivity index (χ4v) is 12.1. The molecule has 27 heavy (non-hydrogen) atoms. The Labute approximate surface area is 164 Å². The fourth-order valence-electron chi connectivity index (χ4n) is 3.62. The first-order valence-electron chi connectivity index (χ1n) is 9.17. The van der Waals surface area contributed by atoms with Crippen LogP contribution in [0.3, 0.4) is 0 Å². The Bertz CT molecular complexity index is 963. The van der Waals surface area contributed by atoms with Crippen LogP contribution in [0.5, 0.6) is 0 Å². The molecule has 0 aliphatic heterocycles. The minimum absolute atomic E-state index is 0.150. The maximum atomic E-state index is 13.9. The number of nitrogens with zero attached hydrogens (tertiary/aromatic N) is 1. The number of rotatable bonds is 4. The molecule has 0 aliphatic carbocycles. The zero-order valence-electron chi connectivity index (χ0n) is 16.4. The van der Waals surface area contributed by atoms with Gasteiger partial charge in [0.05, 0.1) is 9.73 Å². The third kappa shape index (κ3) is 3.78. The largest absolute Gasteiger partial charge is 0.262 e. The molecule has 0 unspecified atom stereocenters. The highest BCUT2D eigenvalue weighted by molar-refractivity contribution is 7.93. The van der Waals surface area contributed by atoms with Crippen LogP contribution in [-0.4, -0.2) is 18.7 Å². The van der Waals surface area contributed by atoms with E-state index in [0.717, 1.165) is 4.90 Å². The molecule has 3 aromatic rings. The van der Waals surface area contributed by atoms with Crippen LogP contribution in [-0.2, 0) is 9.73 Å². The van der Waals surface area contributed by atoms with Crippen molar-refractivity contribution < 1.29 is 4.21 Å². The van der Waals surface area contributed by atoms with Gasteiger partial charge in [-0.1, -0.05) is 99.6 Å². The summed E-state index contributed by atoms with van der Waals surface area (Å²) < 4.78 is 19.2. The van der Waals surface area contributed by atoms with Gasteiger partial charge >= 0.3 is 0 Å². The summed E-state index contributed by atoms with van der Waals surface area (Å²) in [5.41, 5.74) is 0. The summed E-state index contributed by atoms with van der Waals surface area (Å²) in [7, 11) is -5.28. The van der Waals surface area contributed by atoms with Gasteiger partial charge in [0.1, 0.15) is 0 Å². The second kappa shape index (κ2) is 7.45. The summed E-state index contributed by atoms with van der Waals surface area (Å²) in [6.07, 6.45) is 1.78. The average molecular weight is 394 g/mol. The lowest BCUT2D eigenvalue weighted by molar-refractivity contribution is 0.679. The lowest BCUT2D eigenvalue weighted by Gasteiger charge is -2.40. The Morgan fingerprint density at radius 3 is 1.44 bits per heavy atom. The first-order valence-corrected chi connectivity index (χ1v) is 13.0. The number of hydrogen-bond acceptors (Lipinski definition) is 2. The molecule has 140 valence electrons. The Morgan fingerprint density at radius 1 is 0.704 bits per heavy atom. The van der Waals surface area contributed by atoms with E-state index in [-0.39, 0.29) is 5.04 Å². The molecule has 0 bridgehead atoms. The third-order valence-corrected chi connectivity index (χ3v) is 13.1. The molecular formula is C23H27NOSSi. The second-order valence-electron chi connectivity index (χ2n) is 7.90. The van der Waals surface area contributed by atoms with E-state index in [0.29, 0.717) is 0 Å². The van der Waals surface area contributed by atoms with Gasteiger partial charge in [-0.25, -0.2) is 4.21 Å². The van der Waals surface area contributed by atoms with E-state index >= 15 is 0 Å². The predicted molar refractivity (Wildman–Crippen MR) is 119 cm³/mol. The molecule has 0 saturated carbocycles. The van der Waals surface area contributed by atoms with Crippen molar-refractivity contribution in [1.82, 2.24) is 0 Å². The molecule has 1 atom stereocenters. The molecule has 0 amide bonds. The highest BCUT2D eigenvalue weighted by Crippen LogP contribution is 2.38. The van der Waals surface area contributed by atoms with E-state index in [1.807, 2.05) is 42.5 Å². The van der Waals surface area contributed by atoms with E-state index < -0.39 is 18.0 Å². The molecule has 0 aliphatic rings. The Hall–Kier alpha value is -2.17. The van der Waals surface area contributed by atoms with Crippen molar-refractivity contribution in [1.29, 1.82) is 0 Å². The van der Waals surface area contributed by atoms with Gasteiger partial charge in [0, 0.05) is 11.2 Å². The van der Waals surface area contributed by atoms with Crippen LogP contribution in [0.2, 0.25) is 5.04 Å². The maximum absolute atomic E-state index is 13.9. The highest BCUT2D eigenvalue weighted by Gasteiger charge is 2.49. The van der Waals surface area contributed by atoms with Crippen molar-refractivity contribution in [3.8, 4) is 0 Å². The zero-order valence-corrected chi connectivity index (χ0v) is 18.2. The van der Waals surface area contributed by atoms with Crippen LogP contribution in [0.15, 0.2) is 99.9 Å². The van der Waals surface area contributed by atoms with Crippen LogP contribution in [0.25, 0.3) is 0 Å². The van der Waals surface area contributed by atoms with Crippen LogP contribution >= 0.6 is 0 Å². The molecule has 4 heteroatoms. The average Bonchev–Trinajstić information content (AvgIpc) is 2.67. The summed E-state index contributed by atoms with van der Waals surface area (Å²) in [5.74, 6) is 0. The van der Waals surface area contributed by atoms with Crippen LogP contribution in [0.1, 0.15) is 20.8 Å². The van der Waals surface area contributed by atoms with Crippen LogP contribution in [0, 0.1) is 0 Å². The van der Waals surface area contributed by atoms with Gasteiger partial charge < -0.3 is 0 Å². The third-order valence-electron chi connectivity index (χ3n) is 4.96. The Balaban J connectivity index is 2.41. The number of benzene rings is 3. The van der Waals surface area contributed by atoms with E-state index in [1.54, 1.807) is 6.26 Å². The first-order chi connectivity index (χ1) is 12.8. The van der Waals surface area contributed by atoms with Gasteiger partial charge in [-0.15, -0.1) is 0 Å². The molecular weight excluding hydrogens is 366 g/mol. The SMILES string of the molecule is CC(C)(C)[Si](N=[S@@](C)(=O)c1ccccc1)(c1ccccc1)c1ccccc1. The molecule has 2 nitrogen and oxygen atoms in total. The molecule has 3 aromatic carbocycles. The quantitative estimate of drug-likeness (QED) is 0.591. The lowest BCUT2D eigenvalue weighted by atomic mass is 10.2. The molecule has 0 fully saturated rings. The van der Waals surface area contributed by atoms with Gasteiger partial charge in [0.15, 0.2) is 0 Å². The smallest absolute Gasteiger partial charge is 0.260 e. The first kappa shape index (κ1) is 19.6. The Morgan fingerprint density at radius 2 is 1.07 bits per heavy atom. The lowest BCUT2D eigenvalue weighted by Crippen LogP contribution is -2.63. The summed E-state index contributed by atoms with van der Waals surface area (Å²) >= 11 is 0. The van der Waals surface area contributed by atoms with E-state index in [4.69, 9.17) is 4.03 Å². The van der Waals surface area contributed by atoms with Crippen molar-refractivity contribution >= 4 is 28.3 Å². The molecule has 0 saturated heterocycles. The number of hydrogen-bond donors (Lipinski definition) is 0. The summed E-state index contributed by atoms with van der Waals surface area (Å²) in [5, 5.41) is 2.23. The summed E-state index contributed by atoms with van der Waals surface area (Å²) in [6, 6.07) is 30.5. The minimum atomic E-state index is -2.72. The minimum Gasteiger partial charge on any atom is -0.262 e. The predicted octanol–water partition coefficient (Wildman–Crippen LogP) is 4.70. The second-order valence-corrected chi connectivity index (χ2v) is 14.8. The topological polar surface area (TPSA) is 29.4 Å². The molecule has 0 aromatic heterocycles. The molecule has 3 rings (SSSR count). The molecule has 0 spiro atoms. The van der Waals surface area contributed by atoms with Gasteiger partial charge in [-0.05, 0) is 27.5 Å².